The molecule has 1 aliphatic rings. The molecule has 0 saturated carbocycles. The smallest absolute Gasteiger partial charge is 0.244 e. The van der Waals surface area contributed by atoms with Gasteiger partial charge in [-0.2, -0.15) is 0 Å². The summed E-state index contributed by atoms with van der Waals surface area (Å²) < 4.78 is 5.29. The number of thiazole rings is 1. The first-order valence-corrected chi connectivity index (χ1v) is 9.01. The molecule has 1 aromatic carbocycles. The van der Waals surface area contributed by atoms with Crippen molar-refractivity contribution in [2.75, 3.05) is 20.7 Å². The summed E-state index contributed by atoms with van der Waals surface area (Å²) in [4.78, 5) is 19.2. The van der Waals surface area contributed by atoms with Crippen LogP contribution in [0.2, 0.25) is 0 Å². The number of ether oxygens (including phenoxy) is 1. The molecule has 1 aliphatic heterocycles. The van der Waals surface area contributed by atoms with Crippen LogP contribution in [0.4, 0.5) is 0 Å². The normalized spacial score (nSPS) is 18.0. The Morgan fingerprint density at radius 3 is 3.08 bits per heavy atom. The number of hydrogen-bond donors (Lipinski definition) is 1. The highest BCUT2D eigenvalue weighted by atomic mass is 32.1. The van der Waals surface area contributed by atoms with Crippen LogP contribution in [0.1, 0.15) is 40.9 Å². The van der Waals surface area contributed by atoms with Gasteiger partial charge in [-0.25, -0.2) is 4.98 Å². The quantitative estimate of drug-likeness (QED) is 0.905. The van der Waals surface area contributed by atoms with Crippen molar-refractivity contribution in [3.8, 4) is 0 Å². The van der Waals surface area contributed by atoms with Crippen LogP contribution in [0.5, 0.6) is 0 Å². The molecule has 0 bridgehead atoms. The van der Waals surface area contributed by atoms with Crippen molar-refractivity contribution in [2.24, 2.45) is 0 Å². The van der Waals surface area contributed by atoms with Gasteiger partial charge in [0.05, 0.1) is 12.2 Å². The summed E-state index contributed by atoms with van der Waals surface area (Å²) in [6.07, 6.45) is 0.949. The first-order valence-electron chi connectivity index (χ1n) is 8.13. The first-order chi connectivity index (χ1) is 11.6. The fraction of sp³-hybridized carbons (Fsp3) is 0.444. The van der Waals surface area contributed by atoms with E-state index in [-0.39, 0.29) is 18.1 Å². The van der Waals surface area contributed by atoms with Crippen molar-refractivity contribution >= 4 is 17.2 Å². The van der Waals surface area contributed by atoms with Crippen LogP contribution < -0.4 is 5.32 Å². The highest BCUT2D eigenvalue weighted by molar-refractivity contribution is 7.09. The summed E-state index contributed by atoms with van der Waals surface area (Å²) >= 11 is 1.57. The van der Waals surface area contributed by atoms with Gasteiger partial charge in [-0.3, -0.25) is 4.79 Å². The van der Waals surface area contributed by atoms with Crippen molar-refractivity contribution in [1.29, 1.82) is 0 Å². The third kappa shape index (κ3) is 3.50. The molecule has 5 nitrogen and oxygen atoms in total. The maximum Gasteiger partial charge on any atom is 0.244 e. The standard InChI is InChI=1S/C18H23N3O2S/c1-12(23-3)17-20-14(11-24-17)10-21(2)18(22)16-15-7-5-4-6-13(15)8-9-19-16/h4-7,11-12,16,19H,8-10H2,1-3H3. The number of nitrogens with one attached hydrogen (secondary N) is 1. The lowest BCUT2D eigenvalue weighted by Crippen LogP contribution is -2.42. The van der Waals surface area contributed by atoms with Gasteiger partial charge >= 0.3 is 0 Å². The van der Waals surface area contributed by atoms with E-state index in [1.54, 1.807) is 23.3 Å². The number of rotatable bonds is 5. The zero-order valence-electron chi connectivity index (χ0n) is 14.3. The predicted molar refractivity (Wildman–Crippen MR) is 94.9 cm³/mol. The Labute approximate surface area is 146 Å². The average molecular weight is 345 g/mol. The largest absolute Gasteiger partial charge is 0.375 e. The van der Waals surface area contributed by atoms with Crippen molar-refractivity contribution in [3.05, 3.63) is 51.5 Å². The van der Waals surface area contributed by atoms with Crippen molar-refractivity contribution in [1.82, 2.24) is 15.2 Å². The van der Waals surface area contributed by atoms with Gasteiger partial charge in [0.1, 0.15) is 17.2 Å². The highest BCUT2D eigenvalue weighted by Crippen LogP contribution is 2.25. The Morgan fingerprint density at radius 1 is 1.50 bits per heavy atom. The van der Waals surface area contributed by atoms with E-state index < -0.39 is 0 Å². The van der Waals surface area contributed by atoms with Crippen LogP contribution in [0.25, 0.3) is 0 Å². The van der Waals surface area contributed by atoms with Crippen LogP contribution in [-0.2, 0) is 22.5 Å². The number of methoxy groups -OCH3 is 1. The second-order valence-corrected chi connectivity index (χ2v) is 6.97. The van der Waals surface area contributed by atoms with Gasteiger partial charge in [0.2, 0.25) is 5.91 Å². The molecule has 0 radical (unpaired) electrons. The molecule has 6 heteroatoms. The van der Waals surface area contributed by atoms with Crippen LogP contribution in [0.15, 0.2) is 29.6 Å². The van der Waals surface area contributed by atoms with E-state index in [1.807, 2.05) is 37.6 Å². The summed E-state index contributed by atoms with van der Waals surface area (Å²) in [6.45, 7) is 3.31. The van der Waals surface area contributed by atoms with Gasteiger partial charge in [-0.05, 0) is 24.5 Å². The monoisotopic (exact) mass is 345 g/mol. The van der Waals surface area contributed by atoms with E-state index in [4.69, 9.17) is 4.74 Å². The molecule has 2 aromatic rings. The van der Waals surface area contributed by atoms with E-state index in [0.29, 0.717) is 6.54 Å². The molecule has 1 N–H and O–H groups in total. The van der Waals surface area contributed by atoms with E-state index in [9.17, 15) is 4.79 Å². The molecule has 24 heavy (non-hydrogen) atoms. The number of carbonyl (C=O) groups is 1. The molecule has 3 rings (SSSR count). The molecule has 0 fully saturated rings. The van der Waals surface area contributed by atoms with Gasteiger partial charge in [0.25, 0.3) is 0 Å². The molecule has 0 aliphatic carbocycles. The van der Waals surface area contributed by atoms with Gasteiger partial charge in [-0.1, -0.05) is 24.3 Å². The Bertz CT molecular complexity index is 716. The first kappa shape index (κ1) is 17.1. The third-order valence-corrected chi connectivity index (χ3v) is 5.46. The van der Waals surface area contributed by atoms with E-state index in [0.717, 1.165) is 29.2 Å². The fourth-order valence-corrected chi connectivity index (χ4v) is 3.79. The summed E-state index contributed by atoms with van der Waals surface area (Å²) in [6, 6.07) is 7.90. The lowest BCUT2D eigenvalue weighted by atomic mass is 9.93. The zero-order valence-corrected chi connectivity index (χ0v) is 15.1. The average Bonchev–Trinajstić information content (AvgIpc) is 3.08. The molecule has 2 unspecified atom stereocenters. The number of hydrogen-bond acceptors (Lipinski definition) is 5. The van der Waals surface area contributed by atoms with Crippen LogP contribution >= 0.6 is 11.3 Å². The summed E-state index contributed by atoms with van der Waals surface area (Å²) in [7, 11) is 3.51. The number of amides is 1. The molecule has 0 spiro atoms. The molecular weight excluding hydrogens is 322 g/mol. The second kappa shape index (κ2) is 7.42. The van der Waals surface area contributed by atoms with Crippen LogP contribution in [-0.4, -0.2) is 36.5 Å². The van der Waals surface area contributed by atoms with E-state index in [2.05, 4.69) is 16.4 Å². The minimum atomic E-state index is -0.268. The molecule has 0 saturated heterocycles. The zero-order chi connectivity index (χ0) is 17.1. The highest BCUT2D eigenvalue weighted by Gasteiger charge is 2.28. The topological polar surface area (TPSA) is 54.5 Å². The lowest BCUT2D eigenvalue weighted by Gasteiger charge is -2.29. The Balaban J connectivity index is 1.70. The van der Waals surface area contributed by atoms with E-state index in [1.165, 1.54) is 5.56 Å². The van der Waals surface area contributed by atoms with Crippen molar-refractivity contribution < 1.29 is 9.53 Å². The van der Waals surface area contributed by atoms with Gasteiger partial charge < -0.3 is 15.0 Å². The summed E-state index contributed by atoms with van der Waals surface area (Å²) in [5.41, 5.74) is 3.25. The minimum absolute atomic E-state index is 0.0170. The number of nitrogens with zero attached hydrogens (tertiary/aromatic N) is 2. The third-order valence-electron chi connectivity index (χ3n) is 4.40. The Kier molecular flexibility index (Phi) is 5.28. The predicted octanol–water partition coefficient (Wildman–Crippen LogP) is 2.70. The van der Waals surface area contributed by atoms with Crippen LogP contribution in [0, 0.1) is 0 Å². The number of fused-ring (bicyclic) bond motifs is 1. The number of benzene rings is 1. The maximum absolute atomic E-state index is 12.9. The second-order valence-electron chi connectivity index (χ2n) is 6.09. The Hall–Kier alpha value is -1.76. The molecule has 2 atom stereocenters. The van der Waals surface area contributed by atoms with Gasteiger partial charge in [0, 0.05) is 26.1 Å². The van der Waals surface area contributed by atoms with Gasteiger partial charge in [0.15, 0.2) is 0 Å². The number of likely N-dealkylation sites (N-methyl/N-ethyl adjacent to an activating group) is 1. The molecule has 128 valence electrons. The Morgan fingerprint density at radius 2 is 2.29 bits per heavy atom. The SMILES string of the molecule is COC(C)c1nc(CN(C)C(=O)C2NCCc3ccccc32)cs1. The lowest BCUT2D eigenvalue weighted by molar-refractivity contribution is -0.133. The van der Waals surface area contributed by atoms with E-state index >= 15 is 0 Å². The van der Waals surface area contributed by atoms with Crippen molar-refractivity contribution in [3.63, 3.8) is 0 Å². The molecule has 1 amide bonds. The van der Waals surface area contributed by atoms with Gasteiger partial charge in [-0.15, -0.1) is 11.3 Å². The molecule has 2 heterocycles. The summed E-state index contributed by atoms with van der Waals surface area (Å²) in [5.74, 6) is 0.0801. The number of carbonyl (C=O) groups excluding carboxylic acids is 1. The minimum Gasteiger partial charge on any atom is -0.375 e. The fourth-order valence-electron chi connectivity index (χ4n) is 2.95. The maximum atomic E-state index is 12.9. The molecular formula is C18H23N3O2S. The molecule has 1 aromatic heterocycles. The van der Waals surface area contributed by atoms with Crippen LogP contribution in [0.3, 0.4) is 0 Å². The van der Waals surface area contributed by atoms with Crippen molar-refractivity contribution in [2.45, 2.75) is 32.0 Å². The summed E-state index contributed by atoms with van der Waals surface area (Å²) in [5, 5.41) is 6.28. The number of aromatic nitrogens is 1.